The molecule has 1 aromatic heterocycles. The summed E-state index contributed by atoms with van der Waals surface area (Å²) >= 11 is 6.20. The zero-order chi connectivity index (χ0) is 20.4. The molecule has 2 aromatic carbocycles. The van der Waals surface area contributed by atoms with Gasteiger partial charge in [-0.3, -0.25) is 9.59 Å². The van der Waals surface area contributed by atoms with E-state index in [9.17, 15) is 9.59 Å². The molecule has 1 heterocycles. The highest BCUT2D eigenvalue weighted by atomic mass is 35.5. The van der Waals surface area contributed by atoms with E-state index >= 15 is 0 Å². The smallest absolute Gasteiger partial charge is 0.303 e. The number of aliphatic carboxylic acids is 1. The number of benzene rings is 2. The quantitative estimate of drug-likeness (QED) is 0.549. The maximum Gasteiger partial charge on any atom is 0.303 e. The Hall–Kier alpha value is -3.25. The van der Waals surface area contributed by atoms with E-state index < -0.39 is 11.9 Å². The van der Waals surface area contributed by atoms with Crippen molar-refractivity contribution in [3.8, 4) is 16.9 Å². The van der Waals surface area contributed by atoms with Crippen LogP contribution in [0.15, 0.2) is 48.5 Å². The molecule has 0 unspecified atom stereocenters. The van der Waals surface area contributed by atoms with E-state index in [1.54, 1.807) is 24.3 Å². The third-order valence-corrected chi connectivity index (χ3v) is 4.90. The molecule has 3 aromatic rings. The second-order valence-corrected chi connectivity index (χ2v) is 6.95. The number of aromatic nitrogens is 1. The van der Waals surface area contributed by atoms with Crippen molar-refractivity contribution in [2.24, 2.45) is 5.73 Å². The first kappa shape index (κ1) is 19.5. The second kappa shape index (κ2) is 7.78. The molecular weight excluding hydrogens is 378 g/mol. The number of carboxylic acid groups (broad SMARTS) is 1. The number of aryl methyl sites for hydroxylation is 2. The molecule has 28 heavy (non-hydrogen) atoms. The van der Waals surface area contributed by atoms with Crippen LogP contribution in [-0.2, 0) is 11.2 Å². The van der Waals surface area contributed by atoms with Crippen molar-refractivity contribution in [1.82, 2.24) is 4.57 Å². The Morgan fingerprint density at radius 2 is 1.86 bits per heavy atom. The largest absolute Gasteiger partial charge is 0.481 e. The highest BCUT2D eigenvalue weighted by molar-refractivity contribution is 6.33. The van der Waals surface area contributed by atoms with Gasteiger partial charge in [0.15, 0.2) is 0 Å². The number of amides is 1. The van der Waals surface area contributed by atoms with Gasteiger partial charge in [-0.05, 0) is 61.4 Å². The maximum atomic E-state index is 11.5. The lowest BCUT2D eigenvalue weighted by molar-refractivity contribution is -0.136. The molecule has 0 radical (unpaired) electrons. The van der Waals surface area contributed by atoms with Gasteiger partial charge in [0.1, 0.15) is 0 Å². The lowest BCUT2D eigenvalue weighted by atomic mass is 10.1. The number of halogens is 1. The minimum Gasteiger partial charge on any atom is -0.481 e. The monoisotopic (exact) mass is 397 g/mol. The van der Waals surface area contributed by atoms with Gasteiger partial charge in [0.05, 0.1) is 22.8 Å². The number of nitrogens with two attached hydrogens (primary N) is 2. The van der Waals surface area contributed by atoms with Gasteiger partial charge in [0.25, 0.3) is 0 Å². The standard InChI is InChI=1S/C21H20ClN3O3/c1-12-10-14(21(24)28)3-7-18(12)25-15(5-9-20(26)27)4-8-19(25)13-2-6-17(23)16(22)11-13/h2-4,6-8,10-11H,5,9,23H2,1H3,(H2,24,28)(H,26,27). The van der Waals surface area contributed by atoms with Crippen LogP contribution in [0.3, 0.4) is 0 Å². The summed E-state index contributed by atoms with van der Waals surface area (Å²) in [5.41, 5.74) is 16.3. The Bertz CT molecular complexity index is 1070. The van der Waals surface area contributed by atoms with E-state index in [2.05, 4.69) is 0 Å². The van der Waals surface area contributed by atoms with Crippen molar-refractivity contribution in [2.75, 3.05) is 5.73 Å². The van der Waals surface area contributed by atoms with Crippen LogP contribution < -0.4 is 11.5 Å². The van der Waals surface area contributed by atoms with Crippen LogP contribution in [0.2, 0.25) is 5.02 Å². The van der Waals surface area contributed by atoms with E-state index in [-0.39, 0.29) is 6.42 Å². The number of carbonyl (C=O) groups is 2. The molecule has 0 aliphatic heterocycles. The molecule has 0 spiro atoms. The third-order valence-electron chi connectivity index (χ3n) is 4.58. The Balaban J connectivity index is 2.18. The highest BCUT2D eigenvalue weighted by Crippen LogP contribution is 2.32. The molecule has 0 atom stereocenters. The van der Waals surface area contributed by atoms with Crippen LogP contribution in [0.25, 0.3) is 16.9 Å². The number of nitrogen functional groups attached to an aromatic ring is 1. The molecule has 0 saturated heterocycles. The van der Waals surface area contributed by atoms with Crippen molar-refractivity contribution in [3.63, 3.8) is 0 Å². The van der Waals surface area contributed by atoms with E-state index in [0.717, 1.165) is 28.2 Å². The Morgan fingerprint density at radius 3 is 2.46 bits per heavy atom. The Kier molecular flexibility index (Phi) is 5.42. The molecule has 3 rings (SSSR count). The topological polar surface area (TPSA) is 111 Å². The molecule has 0 aliphatic carbocycles. The first-order chi connectivity index (χ1) is 13.3. The van der Waals surface area contributed by atoms with Crippen molar-refractivity contribution < 1.29 is 14.7 Å². The molecular formula is C21H20ClN3O3. The predicted octanol–water partition coefficient (Wildman–Crippen LogP) is 3.80. The average molecular weight is 398 g/mol. The average Bonchev–Trinajstić information content (AvgIpc) is 3.05. The molecule has 0 saturated carbocycles. The van der Waals surface area contributed by atoms with Gasteiger partial charge in [0.2, 0.25) is 5.91 Å². The van der Waals surface area contributed by atoms with Gasteiger partial charge in [-0.2, -0.15) is 0 Å². The second-order valence-electron chi connectivity index (χ2n) is 6.54. The van der Waals surface area contributed by atoms with Crippen molar-refractivity contribution in [2.45, 2.75) is 19.8 Å². The van der Waals surface area contributed by atoms with Crippen molar-refractivity contribution >= 4 is 29.2 Å². The summed E-state index contributed by atoms with van der Waals surface area (Å²) < 4.78 is 1.98. The number of rotatable bonds is 6. The van der Waals surface area contributed by atoms with Gasteiger partial charge in [-0.1, -0.05) is 17.7 Å². The minimum atomic E-state index is -0.870. The fourth-order valence-electron chi connectivity index (χ4n) is 3.16. The zero-order valence-corrected chi connectivity index (χ0v) is 16.0. The number of hydrogen-bond donors (Lipinski definition) is 3. The van der Waals surface area contributed by atoms with Crippen LogP contribution in [0.1, 0.15) is 28.0 Å². The van der Waals surface area contributed by atoms with Crippen LogP contribution in [0.4, 0.5) is 5.69 Å². The van der Waals surface area contributed by atoms with Gasteiger partial charge in [-0.25, -0.2) is 0 Å². The number of carboxylic acids is 1. The van der Waals surface area contributed by atoms with Crippen molar-refractivity contribution in [1.29, 1.82) is 0 Å². The van der Waals surface area contributed by atoms with E-state index in [0.29, 0.717) is 22.7 Å². The van der Waals surface area contributed by atoms with Crippen LogP contribution >= 0.6 is 11.6 Å². The number of nitrogens with zero attached hydrogens (tertiary/aromatic N) is 1. The van der Waals surface area contributed by atoms with Crippen molar-refractivity contribution in [3.05, 3.63) is 70.4 Å². The first-order valence-corrected chi connectivity index (χ1v) is 9.04. The predicted molar refractivity (Wildman–Crippen MR) is 110 cm³/mol. The zero-order valence-electron chi connectivity index (χ0n) is 15.3. The molecule has 0 bridgehead atoms. The van der Waals surface area contributed by atoms with Crippen LogP contribution in [0.5, 0.6) is 0 Å². The summed E-state index contributed by atoms with van der Waals surface area (Å²) in [7, 11) is 0. The Morgan fingerprint density at radius 1 is 1.11 bits per heavy atom. The van der Waals surface area contributed by atoms with Gasteiger partial charge < -0.3 is 21.1 Å². The van der Waals surface area contributed by atoms with Gasteiger partial charge >= 0.3 is 5.97 Å². The lowest BCUT2D eigenvalue weighted by Crippen LogP contribution is -2.12. The summed E-state index contributed by atoms with van der Waals surface area (Å²) in [4.78, 5) is 22.6. The lowest BCUT2D eigenvalue weighted by Gasteiger charge is -2.17. The Labute approximate surface area is 167 Å². The van der Waals surface area contributed by atoms with Gasteiger partial charge in [0, 0.05) is 22.5 Å². The molecule has 6 nitrogen and oxygen atoms in total. The maximum absolute atomic E-state index is 11.5. The summed E-state index contributed by atoms with van der Waals surface area (Å²) in [6.45, 7) is 1.88. The molecule has 5 N–H and O–H groups in total. The van der Waals surface area contributed by atoms with E-state index in [1.165, 1.54) is 0 Å². The SMILES string of the molecule is Cc1cc(C(N)=O)ccc1-n1c(CCC(=O)O)ccc1-c1ccc(N)c(Cl)c1. The normalized spacial score (nSPS) is 10.8. The third kappa shape index (κ3) is 3.87. The number of hydrogen-bond acceptors (Lipinski definition) is 3. The van der Waals surface area contributed by atoms with E-state index in [1.807, 2.05) is 35.8 Å². The van der Waals surface area contributed by atoms with E-state index in [4.69, 9.17) is 28.2 Å². The summed E-state index contributed by atoms with van der Waals surface area (Å²) in [6, 6.07) is 14.4. The summed E-state index contributed by atoms with van der Waals surface area (Å²) in [5, 5.41) is 9.53. The first-order valence-electron chi connectivity index (χ1n) is 8.66. The van der Waals surface area contributed by atoms with Gasteiger partial charge in [-0.15, -0.1) is 0 Å². The fourth-order valence-corrected chi connectivity index (χ4v) is 3.35. The van der Waals surface area contributed by atoms with Crippen LogP contribution in [0, 0.1) is 6.92 Å². The molecule has 0 fully saturated rings. The number of anilines is 1. The number of carbonyl (C=O) groups excluding carboxylic acids is 1. The molecule has 0 aliphatic rings. The number of primary amides is 1. The van der Waals surface area contributed by atoms with Crippen LogP contribution in [-0.4, -0.2) is 21.6 Å². The summed E-state index contributed by atoms with van der Waals surface area (Å²) in [5.74, 6) is -1.37. The molecule has 144 valence electrons. The molecule has 7 heteroatoms. The minimum absolute atomic E-state index is 0.00433. The molecule has 1 amide bonds. The highest BCUT2D eigenvalue weighted by Gasteiger charge is 2.16. The summed E-state index contributed by atoms with van der Waals surface area (Å²) in [6.07, 6.45) is 0.361. The fraction of sp³-hybridized carbons (Fsp3) is 0.143.